The zero-order chi connectivity index (χ0) is 14.4. The minimum atomic E-state index is 0.0171. The molecule has 1 atom stereocenters. The molecular formula is C15H16N4O. The lowest BCUT2D eigenvalue weighted by atomic mass is 10.0. The summed E-state index contributed by atoms with van der Waals surface area (Å²) in [6.45, 7) is 0.0909. The van der Waals surface area contributed by atoms with E-state index in [-0.39, 0.29) is 12.6 Å². The van der Waals surface area contributed by atoms with Crippen LogP contribution >= 0.6 is 0 Å². The highest BCUT2D eigenvalue weighted by Gasteiger charge is 2.18. The highest BCUT2D eigenvalue weighted by atomic mass is 16.3. The van der Waals surface area contributed by atoms with Gasteiger partial charge in [-0.2, -0.15) is 5.26 Å². The van der Waals surface area contributed by atoms with Crippen LogP contribution in [0.2, 0.25) is 0 Å². The maximum absolute atomic E-state index is 9.27. The lowest BCUT2D eigenvalue weighted by Crippen LogP contribution is -2.26. The van der Waals surface area contributed by atoms with Crippen molar-refractivity contribution in [2.45, 2.75) is 12.5 Å². The van der Waals surface area contributed by atoms with Gasteiger partial charge in [-0.1, -0.05) is 30.3 Å². The van der Waals surface area contributed by atoms with Crippen molar-refractivity contribution in [3.63, 3.8) is 0 Å². The first-order valence-corrected chi connectivity index (χ1v) is 6.37. The summed E-state index contributed by atoms with van der Waals surface area (Å²) in [6.07, 6.45) is 3.63. The number of nitriles is 1. The summed E-state index contributed by atoms with van der Waals surface area (Å²) in [5, 5.41) is 18.0. The van der Waals surface area contributed by atoms with Gasteiger partial charge in [0.05, 0.1) is 18.4 Å². The van der Waals surface area contributed by atoms with Crippen LogP contribution in [0.25, 0.3) is 0 Å². The average molecular weight is 268 g/mol. The Kier molecular flexibility index (Phi) is 4.64. The maximum Gasteiger partial charge on any atom is 0.158 e. The molecule has 2 aromatic rings. The van der Waals surface area contributed by atoms with Crippen LogP contribution in [-0.4, -0.2) is 28.7 Å². The van der Waals surface area contributed by atoms with Crippen LogP contribution in [0.3, 0.4) is 0 Å². The molecule has 5 heteroatoms. The van der Waals surface area contributed by atoms with Crippen molar-refractivity contribution in [1.29, 1.82) is 5.26 Å². The fraction of sp³-hybridized carbons (Fsp3) is 0.267. The quantitative estimate of drug-likeness (QED) is 0.896. The lowest BCUT2D eigenvalue weighted by molar-refractivity contribution is 0.274. The van der Waals surface area contributed by atoms with E-state index in [1.54, 1.807) is 6.20 Å². The largest absolute Gasteiger partial charge is 0.396 e. The third-order valence-corrected chi connectivity index (χ3v) is 3.17. The molecule has 20 heavy (non-hydrogen) atoms. The fourth-order valence-electron chi connectivity index (χ4n) is 2.10. The predicted octanol–water partition coefficient (Wildman–Crippen LogP) is 1.91. The number of anilines is 1. The van der Waals surface area contributed by atoms with E-state index in [9.17, 15) is 5.11 Å². The van der Waals surface area contributed by atoms with Gasteiger partial charge in [0.15, 0.2) is 5.69 Å². The number of aromatic nitrogens is 2. The molecule has 0 aliphatic rings. The smallest absolute Gasteiger partial charge is 0.158 e. The van der Waals surface area contributed by atoms with E-state index in [4.69, 9.17) is 5.26 Å². The molecule has 1 aromatic carbocycles. The van der Waals surface area contributed by atoms with E-state index < -0.39 is 0 Å². The Hall–Kier alpha value is -2.45. The van der Waals surface area contributed by atoms with Crippen molar-refractivity contribution in [1.82, 2.24) is 9.97 Å². The molecule has 102 valence electrons. The van der Waals surface area contributed by atoms with Crippen molar-refractivity contribution in [3.8, 4) is 6.07 Å². The molecule has 1 unspecified atom stereocenters. The molecule has 0 bridgehead atoms. The Balaban J connectivity index is 2.26. The van der Waals surface area contributed by atoms with Gasteiger partial charge in [0.2, 0.25) is 0 Å². The third kappa shape index (κ3) is 3.11. The van der Waals surface area contributed by atoms with Gasteiger partial charge in [0.1, 0.15) is 11.9 Å². The molecule has 0 aliphatic heterocycles. The molecule has 0 radical (unpaired) electrons. The fourth-order valence-corrected chi connectivity index (χ4v) is 2.10. The summed E-state index contributed by atoms with van der Waals surface area (Å²) in [4.78, 5) is 10.2. The monoisotopic (exact) mass is 268 g/mol. The van der Waals surface area contributed by atoms with Gasteiger partial charge in [-0.3, -0.25) is 0 Å². The number of nitrogens with zero attached hydrogens (tertiary/aromatic N) is 4. The van der Waals surface area contributed by atoms with Gasteiger partial charge in [-0.05, 0) is 12.0 Å². The van der Waals surface area contributed by atoms with Gasteiger partial charge in [0, 0.05) is 13.7 Å². The van der Waals surface area contributed by atoms with Gasteiger partial charge < -0.3 is 10.0 Å². The van der Waals surface area contributed by atoms with Crippen LogP contribution in [0.4, 0.5) is 5.82 Å². The summed E-state index contributed by atoms with van der Waals surface area (Å²) in [7, 11) is 1.91. The summed E-state index contributed by atoms with van der Waals surface area (Å²) in [5.74, 6) is 0.673. The zero-order valence-electron chi connectivity index (χ0n) is 11.3. The lowest BCUT2D eigenvalue weighted by Gasteiger charge is -2.28. The molecule has 0 saturated heterocycles. The summed E-state index contributed by atoms with van der Waals surface area (Å²) < 4.78 is 0. The third-order valence-electron chi connectivity index (χ3n) is 3.17. The van der Waals surface area contributed by atoms with E-state index in [2.05, 4.69) is 9.97 Å². The molecule has 1 aromatic heterocycles. The van der Waals surface area contributed by atoms with Gasteiger partial charge in [0.25, 0.3) is 0 Å². The molecule has 0 saturated carbocycles. The number of hydrogen-bond acceptors (Lipinski definition) is 5. The highest BCUT2D eigenvalue weighted by molar-refractivity contribution is 5.40. The second-order valence-corrected chi connectivity index (χ2v) is 4.42. The SMILES string of the molecule is CN(c1cnc(C#N)cn1)C(CCO)c1ccccc1. The minimum Gasteiger partial charge on any atom is -0.396 e. The average Bonchev–Trinajstić information content (AvgIpc) is 2.53. The number of hydrogen-bond donors (Lipinski definition) is 1. The first kappa shape index (κ1) is 14.0. The van der Waals surface area contributed by atoms with Crippen molar-refractivity contribution in [2.24, 2.45) is 0 Å². The van der Waals surface area contributed by atoms with Crippen LogP contribution in [0.1, 0.15) is 23.7 Å². The Bertz CT molecular complexity index is 577. The molecular weight excluding hydrogens is 252 g/mol. The Morgan fingerprint density at radius 1 is 1.25 bits per heavy atom. The highest BCUT2D eigenvalue weighted by Crippen LogP contribution is 2.26. The van der Waals surface area contributed by atoms with E-state index in [1.165, 1.54) is 6.20 Å². The summed E-state index contributed by atoms with van der Waals surface area (Å²) in [6, 6.07) is 11.9. The molecule has 1 N–H and O–H groups in total. The van der Waals surface area contributed by atoms with Gasteiger partial charge >= 0.3 is 0 Å². The second kappa shape index (κ2) is 6.64. The second-order valence-electron chi connectivity index (χ2n) is 4.42. The van der Waals surface area contributed by atoms with E-state index in [1.807, 2.05) is 48.3 Å². The molecule has 2 rings (SSSR count). The molecule has 1 heterocycles. The van der Waals surface area contributed by atoms with Crippen LogP contribution in [0, 0.1) is 11.3 Å². The number of aliphatic hydroxyl groups excluding tert-OH is 1. The molecule has 0 spiro atoms. The van der Waals surface area contributed by atoms with Gasteiger partial charge in [-0.15, -0.1) is 0 Å². The van der Waals surface area contributed by atoms with Crippen LogP contribution in [-0.2, 0) is 0 Å². The van der Waals surface area contributed by atoms with E-state index in [0.29, 0.717) is 17.9 Å². The first-order chi connectivity index (χ1) is 9.76. The van der Waals surface area contributed by atoms with Crippen LogP contribution in [0.5, 0.6) is 0 Å². The van der Waals surface area contributed by atoms with Crippen LogP contribution in [0.15, 0.2) is 42.7 Å². The van der Waals surface area contributed by atoms with Gasteiger partial charge in [-0.25, -0.2) is 9.97 Å². The topological polar surface area (TPSA) is 73.0 Å². The van der Waals surface area contributed by atoms with E-state index in [0.717, 1.165) is 5.56 Å². The Morgan fingerprint density at radius 3 is 2.55 bits per heavy atom. The number of aliphatic hydroxyl groups is 1. The molecule has 5 nitrogen and oxygen atoms in total. The molecule has 0 aliphatic carbocycles. The van der Waals surface area contributed by atoms with E-state index >= 15 is 0 Å². The Labute approximate surface area is 118 Å². The standard InChI is InChI=1S/C15H16N4O/c1-19(15-11-17-13(9-16)10-18-15)14(7-8-20)12-5-3-2-4-6-12/h2-6,10-11,14,20H,7-8H2,1H3. The summed E-state index contributed by atoms with van der Waals surface area (Å²) in [5.41, 5.74) is 1.40. The van der Waals surface area contributed by atoms with Crippen LogP contribution < -0.4 is 4.90 Å². The summed E-state index contributed by atoms with van der Waals surface area (Å²) >= 11 is 0. The Morgan fingerprint density at radius 2 is 2.00 bits per heavy atom. The zero-order valence-corrected chi connectivity index (χ0v) is 11.3. The maximum atomic E-state index is 9.27. The van der Waals surface area contributed by atoms with Crippen molar-refractivity contribution >= 4 is 5.82 Å². The normalized spacial score (nSPS) is 11.7. The minimum absolute atomic E-state index is 0.0171. The molecule has 0 amide bonds. The van der Waals surface area contributed by atoms with Crippen molar-refractivity contribution in [2.75, 3.05) is 18.6 Å². The number of benzene rings is 1. The predicted molar refractivity (Wildman–Crippen MR) is 76.0 cm³/mol. The number of rotatable bonds is 5. The first-order valence-electron chi connectivity index (χ1n) is 6.37. The van der Waals surface area contributed by atoms with Crippen molar-refractivity contribution in [3.05, 3.63) is 54.0 Å². The van der Waals surface area contributed by atoms with Crippen molar-refractivity contribution < 1.29 is 5.11 Å². The molecule has 0 fully saturated rings.